The Balaban J connectivity index is 1.92. The minimum Gasteiger partial charge on any atom is -0.504 e. The molecule has 4 heteroatoms. The summed E-state index contributed by atoms with van der Waals surface area (Å²) in [6, 6.07) is 12.9. The van der Waals surface area contributed by atoms with E-state index in [1.807, 2.05) is 24.3 Å². The van der Waals surface area contributed by atoms with Gasteiger partial charge in [0.25, 0.3) is 0 Å². The van der Waals surface area contributed by atoms with Crippen molar-refractivity contribution in [3.05, 3.63) is 54.2 Å². The molecule has 0 aliphatic carbocycles. The largest absolute Gasteiger partial charge is 0.504 e. The number of fused-ring (bicyclic) bond motifs is 1. The molecule has 0 atom stereocenters. The van der Waals surface area contributed by atoms with Gasteiger partial charge in [-0.3, -0.25) is 0 Å². The zero-order chi connectivity index (χ0) is 14.8. The average molecular weight is 282 g/mol. The molecule has 21 heavy (non-hydrogen) atoms. The second-order valence-corrected chi connectivity index (χ2v) is 4.97. The summed E-state index contributed by atoms with van der Waals surface area (Å²) in [5.41, 5.74) is 8.80. The smallest absolute Gasteiger partial charge is 0.161 e. The second kappa shape index (κ2) is 5.40. The maximum absolute atomic E-state index is 9.74. The van der Waals surface area contributed by atoms with E-state index in [1.165, 1.54) is 0 Å². The number of ether oxygens (including phenoxy) is 1. The van der Waals surface area contributed by atoms with Crippen molar-refractivity contribution in [3.8, 4) is 11.5 Å². The predicted octanol–water partition coefficient (Wildman–Crippen LogP) is 3.53. The lowest BCUT2D eigenvalue weighted by molar-refractivity contribution is 0.290. The van der Waals surface area contributed by atoms with Crippen LogP contribution in [0.4, 0.5) is 5.69 Å². The molecule has 0 aliphatic rings. The first kappa shape index (κ1) is 13.4. The van der Waals surface area contributed by atoms with Crippen LogP contribution in [0.5, 0.6) is 11.5 Å². The molecule has 0 unspecified atom stereocenters. The molecule has 0 bridgehead atoms. The molecule has 0 aliphatic heterocycles. The number of nitrogens with zero attached hydrogens (tertiary/aromatic N) is 1. The van der Waals surface area contributed by atoms with E-state index in [9.17, 15) is 5.11 Å². The van der Waals surface area contributed by atoms with Crippen molar-refractivity contribution in [2.24, 2.45) is 0 Å². The van der Waals surface area contributed by atoms with Crippen molar-refractivity contribution in [2.45, 2.75) is 20.1 Å². The number of benzene rings is 2. The molecule has 0 fully saturated rings. The Labute approximate surface area is 123 Å². The SMILES string of the molecule is CCn1cc(COc2ccccc2O)c2ccc(N)cc21. The molecule has 0 amide bonds. The fourth-order valence-corrected chi connectivity index (χ4v) is 2.50. The first-order chi connectivity index (χ1) is 10.2. The van der Waals surface area contributed by atoms with Crippen LogP contribution in [0.25, 0.3) is 10.9 Å². The summed E-state index contributed by atoms with van der Waals surface area (Å²) < 4.78 is 7.87. The molecule has 0 radical (unpaired) electrons. The number of phenols is 1. The summed E-state index contributed by atoms with van der Waals surface area (Å²) in [6.07, 6.45) is 2.07. The number of nitrogens with two attached hydrogens (primary N) is 1. The fraction of sp³-hybridized carbons (Fsp3) is 0.176. The van der Waals surface area contributed by atoms with Gasteiger partial charge in [-0.1, -0.05) is 18.2 Å². The average Bonchev–Trinajstić information content (AvgIpc) is 2.83. The van der Waals surface area contributed by atoms with Crippen molar-refractivity contribution in [3.63, 3.8) is 0 Å². The molecule has 3 rings (SSSR count). The minimum atomic E-state index is 0.154. The lowest BCUT2D eigenvalue weighted by Gasteiger charge is -2.07. The molecule has 0 saturated carbocycles. The predicted molar refractivity (Wildman–Crippen MR) is 84.5 cm³/mol. The molecule has 0 saturated heterocycles. The normalized spacial score (nSPS) is 10.9. The number of phenolic OH excluding ortho intramolecular Hbond substituents is 1. The van der Waals surface area contributed by atoms with Crippen LogP contribution in [-0.4, -0.2) is 9.67 Å². The van der Waals surface area contributed by atoms with E-state index < -0.39 is 0 Å². The summed E-state index contributed by atoms with van der Waals surface area (Å²) in [4.78, 5) is 0. The highest BCUT2D eigenvalue weighted by Gasteiger charge is 2.09. The van der Waals surface area contributed by atoms with Crippen LogP contribution < -0.4 is 10.5 Å². The van der Waals surface area contributed by atoms with E-state index in [0.29, 0.717) is 12.4 Å². The number of para-hydroxylation sites is 2. The maximum Gasteiger partial charge on any atom is 0.161 e. The van der Waals surface area contributed by atoms with E-state index in [2.05, 4.69) is 17.7 Å². The van der Waals surface area contributed by atoms with Gasteiger partial charge in [-0.05, 0) is 31.2 Å². The standard InChI is InChI=1S/C17H18N2O2/c1-2-19-10-12(14-8-7-13(18)9-15(14)19)11-21-17-6-4-3-5-16(17)20/h3-10,20H,2,11,18H2,1H3. The van der Waals surface area contributed by atoms with Crippen LogP contribution in [0.2, 0.25) is 0 Å². The van der Waals surface area contributed by atoms with E-state index in [4.69, 9.17) is 10.5 Å². The maximum atomic E-state index is 9.74. The first-order valence-electron chi connectivity index (χ1n) is 6.97. The molecule has 1 heterocycles. The zero-order valence-electron chi connectivity index (χ0n) is 11.9. The number of aryl methyl sites for hydroxylation is 1. The number of aromatic nitrogens is 1. The monoisotopic (exact) mass is 282 g/mol. The van der Waals surface area contributed by atoms with Gasteiger partial charge in [-0.25, -0.2) is 0 Å². The minimum absolute atomic E-state index is 0.154. The third kappa shape index (κ3) is 2.52. The highest BCUT2D eigenvalue weighted by atomic mass is 16.5. The zero-order valence-corrected chi connectivity index (χ0v) is 11.9. The van der Waals surface area contributed by atoms with Crippen molar-refractivity contribution in [1.29, 1.82) is 0 Å². The number of anilines is 1. The molecule has 108 valence electrons. The summed E-state index contributed by atoms with van der Waals surface area (Å²) in [5.74, 6) is 0.645. The molecule has 3 aromatic rings. The van der Waals surface area contributed by atoms with Crippen molar-refractivity contribution in [1.82, 2.24) is 4.57 Å². The lowest BCUT2D eigenvalue weighted by atomic mass is 10.1. The fourth-order valence-electron chi connectivity index (χ4n) is 2.50. The Kier molecular flexibility index (Phi) is 3.44. The third-order valence-corrected chi connectivity index (χ3v) is 3.58. The molecule has 4 nitrogen and oxygen atoms in total. The van der Waals surface area contributed by atoms with Crippen LogP contribution in [-0.2, 0) is 13.2 Å². The summed E-state index contributed by atoms with van der Waals surface area (Å²) >= 11 is 0. The number of hydrogen-bond acceptors (Lipinski definition) is 3. The van der Waals surface area contributed by atoms with Crippen LogP contribution in [0, 0.1) is 0 Å². The van der Waals surface area contributed by atoms with Gasteiger partial charge in [0.2, 0.25) is 0 Å². The number of hydrogen-bond donors (Lipinski definition) is 2. The van der Waals surface area contributed by atoms with E-state index >= 15 is 0 Å². The lowest BCUT2D eigenvalue weighted by Crippen LogP contribution is -1.95. The molecular formula is C17H18N2O2. The topological polar surface area (TPSA) is 60.4 Å². The molecule has 0 spiro atoms. The van der Waals surface area contributed by atoms with Gasteiger partial charge in [-0.2, -0.15) is 0 Å². The van der Waals surface area contributed by atoms with Crippen LogP contribution >= 0.6 is 0 Å². The number of nitrogen functional groups attached to an aromatic ring is 1. The van der Waals surface area contributed by atoms with Crippen LogP contribution in [0.1, 0.15) is 12.5 Å². The Hall–Kier alpha value is -2.62. The van der Waals surface area contributed by atoms with Gasteiger partial charge in [0, 0.05) is 29.4 Å². The summed E-state index contributed by atoms with van der Waals surface area (Å²) in [7, 11) is 0. The van der Waals surface area contributed by atoms with Gasteiger partial charge < -0.3 is 20.1 Å². The summed E-state index contributed by atoms with van der Waals surface area (Å²) in [5, 5.41) is 10.9. The third-order valence-electron chi connectivity index (χ3n) is 3.58. The highest BCUT2D eigenvalue weighted by Crippen LogP contribution is 2.28. The molecular weight excluding hydrogens is 264 g/mol. The van der Waals surface area contributed by atoms with E-state index in [0.717, 1.165) is 28.7 Å². The van der Waals surface area contributed by atoms with Crippen molar-refractivity contribution in [2.75, 3.05) is 5.73 Å². The molecule has 1 aromatic heterocycles. The Morgan fingerprint density at radius 2 is 2.00 bits per heavy atom. The molecule has 3 N–H and O–H groups in total. The van der Waals surface area contributed by atoms with Gasteiger partial charge >= 0.3 is 0 Å². The van der Waals surface area contributed by atoms with Gasteiger partial charge in [0.1, 0.15) is 6.61 Å². The van der Waals surface area contributed by atoms with Crippen LogP contribution in [0.15, 0.2) is 48.7 Å². The Bertz CT molecular complexity index is 778. The Morgan fingerprint density at radius 3 is 2.76 bits per heavy atom. The van der Waals surface area contributed by atoms with Gasteiger partial charge in [0.05, 0.1) is 5.52 Å². The van der Waals surface area contributed by atoms with Crippen molar-refractivity contribution < 1.29 is 9.84 Å². The van der Waals surface area contributed by atoms with Gasteiger partial charge in [0.15, 0.2) is 11.5 Å². The molecule has 2 aromatic carbocycles. The second-order valence-electron chi connectivity index (χ2n) is 4.97. The number of aromatic hydroxyl groups is 1. The van der Waals surface area contributed by atoms with E-state index in [-0.39, 0.29) is 5.75 Å². The van der Waals surface area contributed by atoms with E-state index in [1.54, 1.807) is 18.2 Å². The number of rotatable bonds is 4. The highest BCUT2D eigenvalue weighted by molar-refractivity contribution is 5.86. The quantitative estimate of drug-likeness (QED) is 0.720. The Morgan fingerprint density at radius 1 is 1.19 bits per heavy atom. The summed E-state index contributed by atoms with van der Waals surface area (Å²) in [6.45, 7) is 3.37. The van der Waals surface area contributed by atoms with Crippen molar-refractivity contribution >= 4 is 16.6 Å². The van der Waals surface area contributed by atoms with Gasteiger partial charge in [-0.15, -0.1) is 0 Å². The van der Waals surface area contributed by atoms with Crippen LogP contribution in [0.3, 0.4) is 0 Å². The first-order valence-corrected chi connectivity index (χ1v) is 6.97.